The Hall–Kier alpha value is -4.11. The van der Waals surface area contributed by atoms with Gasteiger partial charge in [0.25, 0.3) is 0 Å². The molecular weight excluding hydrogens is 402 g/mol. The van der Waals surface area contributed by atoms with E-state index in [9.17, 15) is 15.0 Å². The van der Waals surface area contributed by atoms with Gasteiger partial charge in [-0.15, -0.1) is 0 Å². The molecule has 0 fully saturated rings. The van der Waals surface area contributed by atoms with Crippen molar-refractivity contribution in [2.24, 2.45) is 4.99 Å². The smallest absolute Gasteiger partial charge is 0.345 e. The predicted molar refractivity (Wildman–Crippen MR) is 115 cm³/mol. The number of furan rings is 1. The molecule has 4 rings (SSSR count). The molecule has 3 aromatic rings. The average molecular weight is 421 g/mol. The molecule has 3 heterocycles. The minimum atomic E-state index is -1.36. The minimum Gasteiger partial charge on any atom is -0.504 e. The number of hydrogen-bond donors (Lipinski definition) is 4. The number of rotatable bonds is 7. The molecule has 0 aliphatic carbocycles. The van der Waals surface area contributed by atoms with Crippen LogP contribution >= 0.6 is 0 Å². The summed E-state index contributed by atoms with van der Waals surface area (Å²) in [6.45, 7) is 1.76. The summed E-state index contributed by atoms with van der Waals surface area (Å²) in [6.07, 6.45) is 4.68. The summed E-state index contributed by atoms with van der Waals surface area (Å²) >= 11 is 0. The summed E-state index contributed by atoms with van der Waals surface area (Å²) < 4.78 is 11.2. The fourth-order valence-electron chi connectivity index (χ4n) is 3.14. The summed E-state index contributed by atoms with van der Waals surface area (Å²) in [5.41, 5.74) is 2.28. The number of nitrogens with one attached hydrogen (secondary N) is 1. The first kappa shape index (κ1) is 20.2. The number of hydrogen-bond acceptors (Lipinski definition) is 8. The number of carbonyl (C=O) groups is 1. The van der Waals surface area contributed by atoms with Crippen molar-refractivity contribution in [3.63, 3.8) is 0 Å². The molecule has 9 nitrogen and oxygen atoms in total. The van der Waals surface area contributed by atoms with Crippen LogP contribution in [0.25, 0.3) is 11.6 Å². The topological polar surface area (TPSA) is 137 Å². The van der Waals surface area contributed by atoms with E-state index >= 15 is 0 Å². The molecule has 31 heavy (non-hydrogen) atoms. The highest BCUT2D eigenvalue weighted by molar-refractivity contribution is 6.21. The molecule has 0 radical (unpaired) electrons. The number of aliphatic hydroxyl groups excluding tert-OH is 1. The van der Waals surface area contributed by atoms with E-state index in [2.05, 4.69) is 15.3 Å². The maximum Gasteiger partial charge on any atom is 0.345 e. The van der Waals surface area contributed by atoms with E-state index in [0.29, 0.717) is 22.8 Å². The molecule has 0 unspecified atom stereocenters. The largest absolute Gasteiger partial charge is 0.504 e. The number of carboxylic acid groups (broad SMARTS) is 1. The number of fused-ring (bicyclic) bond motifs is 1. The third kappa shape index (κ3) is 3.99. The Morgan fingerprint density at radius 2 is 2.16 bits per heavy atom. The van der Waals surface area contributed by atoms with Crippen LogP contribution < -0.4 is 10.1 Å². The molecule has 0 amide bonds. The van der Waals surface area contributed by atoms with E-state index in [1.165, 1.54) is 6.08 Å². The summed E-state index contributed by atoms with van der Waals surface area (Å²) in [5.74, 6) is -1.14. The van der Waals surface area contributed by atoms with Crippen LogP contribution in [-0.4, -0.2) is 45.7 Å². The van der Waals surface area contributed by atoms with Crippen LogP contribution in [0.15, 0.2) is 45.9 Å². The van der Waals surface area contributed by atoms with Crippen molar-refractivity contribution in [3.05, 3.63) is 59.0 Å². The van der Waals surface area contributed by atoms with Gasteiger partial charge in [-0.3, -0.25) is 0 Å². The molecule has 9 heteroatoms. The van der Waals surface area contributed by atoms with Gasteiger partial charge in [0, 0.05) is 23.5 Å². The zero-order valence-corrected chi connectivity index (χ0v) is 16.5. The Kier molecular flexibility index (Phi) is 5.42. The highest BCUT2D eigenvalue weighted by Crippen LogP contribution is 2.40. The number of pyridine rings is 1. The second-order valence-corrected chi connectivity index (χ2v) is 6.75. The molecule has 0 bridgehead atoms. The summed E-state index contributed by atoms with van der Waals surface area (Å²) in [7, 11) is 0. The van der Waals surface area contributed by atoms with Crippen molar-refractivity contribution < 1.29 is 29.3 Å². The molecule has 2 aromatic heterocycles. The molecule has 0 atom stereocenters. The number of aromatic nitrogens is 1. The molecule has 0 saturated carbocycles. The first-order valence-corrected chi connectivity index (χ1v) is 9.39. The molecule has 0 spiro atoms. The van der Waals surface area contributed by atoms with Crippen LogP contribution in [0.1, 0.15) is 27.2 Å². The first-order chi connectivity index (χ1) is 15.0. The van der Waals surface area contributed by atoms with Crippen molar-refractivity contribution in [2.45, 2.75) is 6.92 Å². The Morgan fingerprint density at radius 1 is 1.32 bits per heavy atom. The van der Waals surface area contributed by atoms with Crippen LogP contribution in [0.4, 0.5) is 17.4 Å². The Bertz CT molecular complexity index is 1210. The minimum absolute atomic E-state index is 0.0389. The molecule has 0 saturated heterocycles. The number of aliphatic imine (C=N–C) groups is 1. The van der Waals surface area contributed by atoms with Crippen LogP contribution in [-0.2, 0) is 0 Å². The van der Waals surface area contributed by atoms with Gasteiger partial charge in [0.1, 0.15) is 12.4 Å². The maximum atomic E-state index is 11.8. The number of carboxylic acids is 1. The number of ether oxygens (including phenoxy) is 1. The second kappa shape index (κ2) is 8.33. The normalized spacial score (nSPS) is 13.4. The van der Waals surface area contributed by atoms with Crippen LogP contribution in [0.5, 0.6) is 11.5 Å². The zero-order chi connectivity index (χ0) is 22.0. The van der Waals surface area contributed by atoms with E-state index in [4.69, 9.17) is 14.3 Å². The number of aliphatic hydroxyl groups is 1. The number of anilines is 2. The predicted octanol–water partition coefficient (Wildman–Crippen LogP) is 3.76. The standard InChI is InChI=1S/C22H19N3O6/c1-12-4-5-15(16(9-12)30-8-7-26)25-21-18(22(28)29)19(27)17(31-21)10-13-11-24-20-14(13)3-2-6-23-20/h2-6,9-11,25-27H,7-8H2,1H3,(H,28,29). The fourth-order valence-corrected chi connectivity index (χ4v) is 3.14. The Morgan fingerprint density at radius 3 is 2.94 bits per heavy atom. The van der Waals surface area contributed by atoms with Gasteiger partial charge in [-0.1, -0.05) is 6.07 Å². The van der Waals surface area contributed by atoms with Gasteiger partial charge in [0.05, 0.1) is 12.3 Å². The lowest BCUT2D eigenvalue weighted by molar-refractivity contribution is 0.0695. The van der Waals surface area contributed by atoms with Crippen molar-refractivity contribution >= 4 is 41.2 Å². The molecule has 1 aliphatic heterocycles. The number of aryl methyl sites for hydroxylation is 1. The molecule has 158 valence electrons. The van der Waals surface area contributed by atoms with Gasteiger partial charge in [-0.05, 0) is 42.8 Å². The lowest BCUT2D eigenvalue weighted by atomic mass is 10.1. The van der Waals surface area contributed by atoms with Gasteiger partial charge < -0.3 is 29.8 Å². The van der Waals surface area contributed by atoms with Crippen molar-refractivity contribution in [2.75, 3.05) is 18.5 Å². The number of nitrogens with zero attached hydrogens (tertiary/aromatic N) is 2. The van der Waals surface area contributed by atoms with Crippen LogP contribution in [0.3, 0.4) is 0 Å². The summed E-state index contributed by atoms with van der Waals surface area (Å²) in [6, 6.07) is 8.80. The number of aromatic carboxylic acids is 1. The Labute approximate surface area is 177 Å². The third-order valence-electron chi connectivity index (χ3n) is 4.57. The van der Waals surface area contributed by atoms with Crippen molar-refractivity contribution in [3.8, 4) is 11.5 Å². The van der Waals surface area contributed by atoms with E-state index in [0.717, 1.165) is 11.1 Å². The lowest BCUT2D eigenvalue weighted by Gasteiger charge is -2.12. The molecular formula is C22H19N3O6. The number of aromatic hydroxyl groups is 1. The Balaban J connectivity index is 1.73. The number of allylic oxidation sites excluding steroid dienone is 1. The highest BCUT2D eigenvalue weighted by Gasteiger charge is 2.26. The van der Waals surface area contributed by atoms with Gasteiger partial charge in [-0.25, -0.2) is 14.8 Å². The quantitative estimate of drug-likeness (QED) is 0.452. The SMILES string of the molecule is Cc1ccc(Nc2oc(C=C3C=Nc4ncccc43)c(O)c2C(=O)O)c(OCCO)c1. The maximum absolute atomic E-state index is 11.8. The van der Waals surface area contributed by atoms with Gasteiger partial charge in [-0.2, -0.15) is 0 Å². The molecule has 4 N–H and O–H groups in total. The average Bonchev–Trinajstić information content (AvgIpc) is 3.29. The zero-order valence-electron chi connectivity index (χ0n) is 16.5. The van der Waals surface area contributed by atoms with Crippen molar-refractivity contribution in [1.29, 1.82) is 0 Å². The van der Waals surface area contributed by atoms with Gasteiger partial charge >= 0.3 is 5.97 Å². The van der Waals surface area contributed by atoms with E-state index in [1.54, 1.807) is 36.7 Å². The van der Waals surface area contributed by atoms with Crippen molar-refractivity contribution in [1.82, 2.24) is 4.98 Å². The fraction of sp³-hybridized carbons (Fsp3) is 0.136. The van der Waals surface area contributed by atoms with E-state index < -0.39 is 17.3 Å². The molecule has 1 aromatic carbocycles. The monoisotopic (exact) mass is 421 g/mol. The van der Waals surface area contributed by atoms with Gasteiger partial charge in [0.15, 0.2) is 22.9 Å². The lowest BCUT2D eigenvalue weighted by Crippen LogP contribution is -2.05. The van der Waals surface area contributed by atoms with E-state index in [1.807, 2.05) is 13.0 Å². The summed E-state index contributed by atoms with van der Waals surface area (Å²) in [4.78, 5) is 20.2. The third-order valence-corrected chi connectivity index (χ3v) is 4.57. The van der Waals surface area contributed by atoms with Crippen LogP contribution in [0.2, 0.25) is 0 Å². The van der Waals surface area contributed by atoms with Gasteiger partial charge in [0.2, 0.25) is 5.88 Å². The molecule has 1 aliphatic rings. The second-order valence-electron chi connectivity index (χ2n) is 6.75. The van der Waals surface area contributed by atoms with Crippen LogP contribution in [0, 0.1) is 6.92 Å². The first-order valence-electron chi connectivity index (χ1n) is 9.39. The highest BCUT2D eigenvalue weighted by atomic mass is 16.5. The number of benzene rings is 1. The van der Waals surface area contributed by atoms with E-state index in [-0.39, 0.29) is 24.9 Å². The summed E-state index contributed by atoms with van der Waals surface area (Å²) in [5, 5.41) is 32.1.